The number of methoxy groups -OCH3 is 1. The zero-order valence-corrected chi connectivity index (χ0v) is 10.4. The van der Waals surface area contributed by atoms with Gasteiger partial charge < -0.3 is 9.64 Å². The van der Waals surface area contributed by atoms with E-state index in [0.29, 0.717) is 13.0 Å². The number of amides is 1. The molecule has 0 fully saturated rings. The van der Waals surface area contributed by atoms with Gasteiger partial charge in [-0.05, 0) is 12.7 Å². The Balaban J connectivity index is 4.11. The second kappa shape index (κ2) is 8.59. The number of rotatable bonds is 7. The normalized spacial score (nSPS) is 9.80. The van der Waals surface area contributed by atoms with Crippen LogP contribution in [-0.4, -0.2) is 49.0 Å². The molecule has 5 heteroatoms. The van der Waals surface area contributed by atoms with E-state index in [0.717, 1.165) is 12.2 Å². The van der Waals surface area contributed by atoms with E-state index in [4.69, 9.17) is 0 Å². The smallest absolute Gasteiger partial charge is 0.325 e. The molecule has 0 aromatic heterocycles. The maximum atomic E-state index is 11.6. The third kappa shape index (κ3) is 6.38. The number of hydrogen-bond donors (Lipinski definition) is 0. The lowest BCUT2D eigenvalue weighted by atomic mass is 10.3. The molecule has 0 aliphatic carbocycles. The number of nitrogens with zero attached hydrogens (tertiary/aromatic N) is 1. The van der Waals surface area contributed by atoms with Crippen LogP contribution in [0, 0.1) is 0 Å². The van der Waals surface area contributed by atoms with Gasteiger partial charge >= 0.3 is 5.97 Å². The van der Waals surface area contributed by atoms with Crippen molar-refractivity contribution in [3.8, 4) is 0 Å². The van der Waals surface area contributed by atoms with Gasteiger partial charge in [-0.25, -0.2) is 0 Å². The van der Waals surface area contributed by atoms with Gasteiger partial charge in [-0.15, -0.1) is 0 Å². The summed E-state index contributed by atoms with van der Waals surface area (Å²) in [5, 5.41) is 0. The van der Waals surface area contributed by atoms with Crippen LogP contribution >= 0.6 is 11.8 Å². The zero-order valence-electron chi connectivity index (χ0n) is 9.62. The fourth-order valence-electron chi connectivity index (χ4n) is 1.13. The second-order valence-corrected chi connectivity index (χ2v) is 4.12. The summed E-state index contributed by atoms with van der Waals surface area (Å²) in [6, 6.07) is 0. The van der Waals surface area contributed by atoms with Gasteiger partial charge in [-0.1, -0.05) is 6.92 Å². The number of ether oxygens (including phenoxy) is 1. The molecule has 0 bridgehead atoms. The molecule has 0 unspecified atom stereocenters. The van der Waals surface area contributed by atoms with Crippen LogP contribution in [0.1, 0.15) is 19.8 Å². The van der Waals surface area contributed by atoms with Crippen LogP contribution in [0.5, 0.6) is 0 Å². The first-order valence-electron chi connectivity index (χ1n) is 4.99. The summed E-state index contributed by atoms with van der Waals surface area (Å²) >= 11 is 1.63. The Morgan fingerprint density at radius 2 is 2.07 bits per heavy atom. The lowest BCUT2D eigenvalue weighted by Gasteiger charge is -2.20. The first kappa shape index (κ1) is 14.3. The fraction of sp³-hybridized carbons (Fsp3) is 0.800. The van der Waals surface area contributed by atoms with Gasteiger partial charge in [0.15, 0.2) is 0 Å². The lowest BCUT2D eigenvalue weighted by molar-refractivity contribution is -0.146. The van der Waals surface area contributed by atoms with E-state index in [9.17, 15) is 9.59 Å². The first-order chi connectivity index (χ1) is 7.15. The van der Waals surface area contributed by atoms with E-state index >= 15 is 0 Å². The summed E-state index contributed by atoms with van der Waals surface area (Å²) in [6.07, 6.45) is 3.29. The number of carbonyl (C=O) groups is 2. The van der Waals surface area contributed by atoms with Crippen LogP contribution in [0.15, 0.2) is 0 Å². The Morgan fingerprint density at radius 3 is 2.53 bits per heavy atom. The van der Waals surface area contributed by atoms with E-state index < -0.39 is 0 Å². The summed E-state index contributed by atoms with van der Waals surface area (Å²) in [7, 11) is 1.33. The minimum Gasteiger partial charge on any atom is -0.468 e. The summed E-state index contributed by atoms with van der Waals surface area (Å²) in [6.45, 7) is 2.66. The average molecular weight is 233 g/mol. The molecule has 88 valence electrons. The highest BCUT2D eigenvalue weighted by molar-refractivity contribution is 7.98. The van der Waals surface area contributed by atoms with E-state index in [1.807, 2.05) is 13.2 Å². The van der Waals surface area contributed by atoms with E-state index in [1.165, 1.54) is 7.11 Å². The SMILES string of the molecule is CCCN(CC(=O)OC)C(=O)CCSC. The molecule has 0 radical (unpaired) electrons. The molecule has 0 aliphatic heterocycles. The van der Waals surface area contributed by atoms with Crippen molar-refractivity contribution in [1.29, 1.82) is 0 Å². The molecule has 1 amide bonds. The van der Waals surface area contributed by atoms with Crippen LogP contribution in [0.4, 0.5) is 0 Å². The predicted molar refractivity (Wildman–Crippen MR) is 61.9 cm³/mol. The molecule has 0 aromatic rings. The Morgan fingerprint density at radius 1 is 1.40 bits per heavy atom. The monoisotopic (exact) mass is 233 g/mol. The Hall–Kier alpha value is -0.710. The van der Waals surface area contributed by atoms with Crippen LogP contribution in [0.2, 0.25) is 0 Å². The summed E-state index contributed by atoms with van der Waals surface area (Å²) in [5.74, 6) is 0.456. The highest BCUT2D eigenvalue weighted by Gasteiger charge is 2.15. The van der Waals surface area contributed by atoms with Gasteiger partial charge in [-0.3, -0.25) is 9.59 Å². The molecule has 0 saturated carbocycles. The molecule has 0 aromatic carbocycles. The average Bonchev–Trinajstić information content (AvgIpc) is 2.24. The fourth-order valence-corrected chi connectivity index (χ4v) is 1.51. The number of carbonyl (C=O) groups excluding carboxylic acids is 2. The zero-order chi connectivity index (χ0) is 11.7. The van der Waals surface area contributed by atoms with E-state index in [-0.39, 0.29) is 18.4 Å². The first-order valence-corrected chi connectivity index (χ1v) is 6.38. The predicted octanol–water partition coefficient (Wildman–Crippen LogP) is 1.15. The van der Waals surface area contributed by atoms with Gasteiger partial charge in [0, 0.05) is 18.7 Å². The maximum Gasteiger partial charge on any atom is 0.325 e. The van der Waals surface area contributed by atoms with Gasteiger partial charge in [0.2, 0.25) is 5.91 Å². The van der Waals surface area contributed by atoms with Crippen molar-refractivity contribution < 1.29 is 14.3 Å². The molecule has 0 heterocycles. The molecule has 0 atom stereocenters. The molecule has 0 aliphatic rings. The molecule has 0 N–H and O–H groups in total. The molecule has 0 rings (SSSR count). The number of esters is 1. The topological polar surface area (TPSA) is 46.6 Å². The van der Waals surface area contributed by atoms with Crippen molar-refractivity contribution in [3.05, 3.63) is 0 Å². The summed E-state index contributed by atoms with van der Waals surface area (Å²) in [4.78, 5) is 24.3. The highest BCUT2D eigenvalue weighted by Crippen LogP contribution is 2.02. The van der Waals surface area contributed by atoms with Crippen molar-refractivity contribution in [2.45, 2.75) is 19.8 Å². The third-order valence-corrected chi connectivity index (χ3v) is 2.53. The van der Waals surface area contributed by atoms with Crippen LogP contribution in [0.3, 0.4) is 0 Å². The van der Waals surface area contributed by atoms with Gasteiger partial charge in [0.25, 0.3) is 0 Å². The van der Waals surface area contributed by atoms with Crippen LogP contribution < -0.4 is 0 Å². The van der Waals surface area contributed by atoms with Crippen molar-refractivity contribution in [2.75, 3.05) is 32.2 Å². The molecular weight excluding hydrogens is 214 g/mol. The lowest BCUT2D eigenvalue weighted by Crippen LogP contribution is -2.36. The van der Waals surface area contributed by atoms with Gasteiger partial charge in [0.1, 0.15) is 6.54 Å². The van der Waals surface area contributed by atoms with Gasteiger partial charge in [0.05, 0.1) is 7.11 Å². The highest BCUT2D eigenvalue weighted by atomic mass is 32.2. The third-order valence-electron chi connectivity index (χ3n) is 1.91. The molecular formula is C10H19NO3S. The van der Waals surface area contributed by atoms with E-state index in [2.05, 4.69) is 4.74 Å². The van der Waals surface area contributed by atoms with Crippen LogP contribution in [-0.2, 0) is 14.3 Å². The molecule has 0 spiro atoms. The van der Waals surface area contributed by atoms with Crippen molar-refractivity contribution in [3.63, 3.8) is 0 Å². The standard InChI is InChI=1S/C10H19NO3S/c1-4-6-11(8-10(13)14-2)9(12)5-7-15-3/h4-8H2,1-3H3. The Labute approximate surface area is 95.3 Å². The minimum absolute atomic E-state index is 0.0246. The largest absolute Gasteiger partial charge is 0.468 e. The molecule has 4 nitrogen and oxygen atoms in total. The second-order valence-electron chi connectivity index (χ2n) is 3.13. The summed E-state index contributed by atoms with van der Waals surface area (Å²) in [5.41, 5.74) is 0. The van der Waals surface area contributed by atoms with Crippen molar-refractivity contribution in [2.24, 2.45) is 0 Å². The van der Waals surface area contributed by atoms with E-state index in [1.54, 1.807) is 16.7 Å². The molecule has 0 saturated heterocycles. The number of thioether (sulfide) groups is 1. The van der Waals surface area contributed by atoms with Crippen LogP contribution in [0.25, 0.3) is 0 Å². The number of hydrogen-bond acceptors (Lipinski definition) is 4. The summed E-state index contributed by atoms with van der Waals surface area (Å²) < 4.78 is 4.54. The van der Waals surface area contributed by atoms with Gasteiger partial charge in [-0.2, -0.15) is 11.8 Å². The molecule has 15 heavy (non-hydrogen) atoms. The van der Waals surface area contributed by atoms with Crippen molar-refractivity contribution in [1.82, 2.24) is 4.90 Å². The maximum absolute atomic E-state index is 11.6. The minimum atomic E-state index is -0.360. The van der Waals surface area contributed by atoms with Crippen molar-refractivity contribution >= 4 is 23.6 Å². The Kier molecular flexibility index (Phi) is 8.18. The Bertz CT molecular complexity index is 209. The quantitative estimate of drug-likeness (QED) is 0.619.